The molecule has 2 aromatic rings. The number of nitrogens with one attached hydrogen (secondary N) is 1. The van der Waals surface area contributed by atoms with Crippen molar-refractivity contribution < 1.29 is 4.79 Å². The first-order valence-corrected chi connectivity index (χ1v) is 7.20. The van der Waals surface area contributed by atoms with Crippen molar-refractivity contribution in [2.24, 2.45) is 0 Å². The van der Waals surface area contributed by atoms with Crippen LogP contribution in [0.3, 0.4) is 0 Å². The molecule has 1 aliphatic heterocycles. The molecule has 1 heterocycles. The number of alkyl halides is 1. The van der Waals surface area contributed by atoms with Gasteiger partial charge in [-0.25, -0.2) is 0 Å². The molecule has 0 saturated heterocycles. The van der Waals surface area contributed by atoms with Gasteiger partial charge in [0, 0.05) is 12.1 Å². The lowest BCUT2D eigenvalue weighted by molar-refractivity contribution is -0.116. The van der Waals surface area contributed by atoms with Crippen LogP contribution in [0.2, 0.25) is 0 Å². The van der Waals surface area contributed by atoms with Crippen LogP contribution in [-0.2, 0) is 11.2 Å². The minimum Gasteiger partial charge on any atom is -0.326 e. The average molecular weight is 286 g/mol. The van der Waals surface area contributed by atoms with E-state index in [4.69, 9.17) is 11.6 Å². The fourth-order valence-corrected chi connectivity index (χ4v) is 2.77. The van der Waals surface area contributed by atoms with Crippen molar-refractivity contribution in [2.45, 2.75) is 25.1 Å². The number of rotatable bonds is 2. The third-order valence-electron chi connectivity index (χ3n) is 3.69. The summed E-state index contributed by atoms with van der Waals surface area (Å²) in [6.07, 6.45) is 1.33. The van der Waals surface area contributed by atoms with Crippen LogP contribution in [0, 0.1) is 6.92 Å². The van der Waals surface area contributed by atoms with Gasteiger partial charge in [0.05, 0.1) is 5.38 Å². The summed E-state index contributed by atoms with van der Waals surface area (Å²) < 4.78 is 0. The highest BCUT2D eigenvalue weighted by Crippen LogP contribution is 2.32. The molecule has 1 aliphatic rings. The van der Waals surface area contributed by atoms with Crippen molar-refractivity contribution in [3.05, 3.63) is 64.7 Å². The topological polar surface area (TPSA) is 29.1 Å². The van der Waals surface area contributed by atoms with Gasteiger partial charge in [0.15, 0.2) is 0 Å². The van der Waals surface area contributed by atoms with Gasteiger partial charge in [0.1, 0.15) is 0 Å². The molecule has 1 N–H and O–H groups in total. The minimum absolute atomic E-state index is 0.0891. The number of aryl methyl sites for hydroxylation is 2. The van der Waals surface area contributed by atoms with Crippen LogP contribution < -0.4 is 5.32 Å². The summed E-state index contributed by atoms with van der Waals surface area (Å²) in [6.45, 7) is 2.06. The van der Waals surface area contributed by atoms with Gasteiger partial charge in [0.25, 0.3) is 0 Å². The van der Waals surface area contributed by atoms with Crippen molar-refractivity contribution >= 4 is 23.2 Å². The Labute approximate surface area is 123 Å². The smallest absolute Gasteiger partial charge is 0.224 e. The van der Waals surface area contributed by atoms with Crippen LogP contribution >= 0.6 is 11.6 Å². The zero-order valence-electron chi connectivity index (χ0n) is 11.3. The summed E-state index contributed by atoms with van der Waals surface area (Å²) in [7, 11) is 0. The second-order valence-corrected chi connectivity index (χ2v) is 5.67. The largest absolute Gasteiger partial charge is 0.326 e. The summed E-state index contributed by atoms with van der Waals surface area (Å²) >= 11 is 6.57. The van der Waals surface area contributed by atoms with Gasteiger partial charge in [-0.3, -0.25) is 4.79 Å². The molecule has 0 radical (unpaired) electrons. The van der Waals surface area contributed by atoms with Crippen LogP contribution in [0.5, 0.6) is 0 Å². The van der Waals surface area contributed by atoms with Crippen LogP contribution in [0.4, 0.5) is 5.69 Å². The second-order valence-electron chi connectivity index (χ2n) is 5.24. The summed E-state index contributed by atoms with van der Waals surface area (Å²) in [6, 6.07) is 14.3. The monoisotopic (exact) mass is 285 g/mol. The quantitative estimate of drug-likeness (QED) is 0.823. The first-order chi connectivity index (χ1) is 9.63. The van der Waals surface area contributed by atoms with Gasteiger partial charge in [-0.1, -0.05) is 42.0 Å². The third-order valence-corrected chi connectivity index (χ3v) is 4.19. The maximum Gasteiger partial charge on any atom is 0.224 e. The highest BCUT2D eigenvalue weighted by molar-refractivity contribution is 6.22. The fraction of sp³-hybridized carbons (Fsp3) is 0.235. The highest BCUT2D eigenvalue weighted by atomic mass is 35.5. The molecule has 1 atom stereocenters. The van der Waals surface area contributed by atoms with E-state index in [1.807, 2.05) is 12.1 Å². The zero-order valence-corrected chi connectivity index (χ0v) is 12.1. The molecular formula is C17H16ClNO. The van der Waals surface area contributed by atoms with Gasteiger partial charge in [-0.2, -0.15) is 0 Å². The number of benzene rings is 2. The molecule has 0 aromatic heterocycles. The Morgan fingerprint density at radius 3 is 2.50 bits per heavy atom. The average Bonchev–Trinajstić information content (AvgIpc) is 2.47. The number of halogens is 1. The molecule has 102 valence electrons. The van der Waals surface area contributed by atoms with E-state index in [0.717, 1.165) is 23.2 Å². The molecule has 3 heteroatoms. The lowest BCUT2D eigenvalue weighted by Crippen LogP contribution is -2.19. The first-order valence-electron chi connectivity index (χ1n) is 6.77. The van der Waals surface area contributed by atoms with E-state index in [2.05, 4.69) is 42.6 Å². The maximum atomic E-state index is 11.4. The van der Waals surface area contributed by atoms with E-state index >= 15 is 0 Å². The van der Waals surface area contributed by atoms with Crippen molar-refractivity contribution in [3.8, 4) is 0 Å². The van der Waals surface area contributed by atoms with Crippen molar-refractivity contribution in [3.63, 3.8) is 0 Å². The number of amides is 1. The van der Waals surface area contributed by atoms with Gasteiger partial charge >= 0.3 is 0 Å². The molecule has 2 aromatic carbocycles. The van der Waals surface area contributed by atoms with Gasteiger partial charge < -0.3 is 5.32 Å². The third kappa shape index (κ3) is 2.56. The van der Waals surface area contributed by atoms with E-state index in [9.17, 15) is 4.79 Å². The summed E-state index contributed by atoms with van der Waals surface area (Å²) in [4.78, 5) is 11.4. The van der Waals surface area contributed by atoms with E-state index in [-0.39, 0.29) is 11.3 Å². The van der Waals surface area contributed by atoms with Crippen LogP contribution in [0.1, 0.15) is 34.1 Å². The molecule has 1 unspecified atom stereocenters. The number of fused-ring (bicyclic) bond motifs is 1. The minimum atomic E-state index is -0.154. The molecular weight excluding hydrogens is 270 g/mol. The number of carbonyl (C=O) groups excluding carboxylic acids is 1. The Balaban J connectivity index is 1.90. The SMILES string of the molecule is Cc1ccc(C(Cl)c2ccc3c(c2)CCC(=O)N3)cc1. The van der Waals surface area contributed by atoms with Crippen LogP contribution in [0.15, 0.2) is 42.5 Å². The van der Waals surface area contributed by atoms with Crippen molar-refractivity contribution in [1.82, 2.24) is 0 Å². The number of hydrogen-bond acceptors (Lipinski definition) is 1. The molecule has 20 heavy (non-hydrogen) atoms. The summed E-state index contributed by atoms with van der Waals surface area (Å²) in [5, 5.41) is 2.74. The van der Waals surface area contributed by atoms with Crippen LogP contribution in [-0.4, -0.2) is 5.91 Å². The molecule has 0 aliphatic carbocycles. The zero-order chi connectivity index (χ0) is 14.1. The van der Waals surface area contributed by atoms with Crippen LogP contribution in [0.25, 0.3) is 0 Å². The Bertz CT molecular complexity index is 649. The van der Waals surface area contributed by atoms with Crippen molar-refractivity contribution in [2.75, 3.05) is 5.32 Å². The molecule has 0 spiro atoms. The standard InChI is InChI=1S/C17H16ClNO/c1-11-2-4-12(5-3-11)17(18)14-6-8-15-13(10-14)7-9-16(20)19-15/h2-6,8,10,17H,7,9H2,1H3,(H,19,20). The molecule has 3 rings (SSSR count). The number of anilines is 1. The van der Waals surface area contributed by atoms with Gasteiger partial charge in [-0.05, 0) is 36.1 Å². The fourth-order valence-electron chi connectivity index (χ4n) is 2.49. The maximum absolute atomic E-state index is 11.4. The molecule has 0 saturated carbocycles. The first kappa shape index (κ1) is 13.2. The predicted molar refractivity (Wildman–Crippen MR) is 82.3 cm³/mol. The van der Waals surface area contributed by atoms with E-state index in [0.29, 0.717) is 6.42 Å². The molecule has 0 bridgehead atoms. The van der Waals surface area contributed by atoms with Gasteiger partial charge in [-0.15, -0.1) is 11.6 Å². The number of carbonyl (C=O) groups is 1. The molecule has 2 nitrogen and oxygen atoms in total. The Morgan fingerprint density at radius 1 is 1.05 bits per heavy atom. The Morgan fingerprint density at radius 2 is 1.75 bits per heavy atom. The van der Waals surface area contributed by atoms with E-state index in [1.165, 1.54) is 11.1 Å². The predicted octanol–water partition coefficient (Wildman–Crippen LogP) is 4.21. The Hall–Kier alpha value is -1.80. The number of hydrogen-bond donors (Lipinski definition) is 1. The summed E-state index contributed by atoms with van der Waals surface area (Å²) in [5.74, 6) is 0.0891. The van der Waals surface area contributed by atoms with Gasteiger partial charge in [0.2, 0.25) is 5.91 Å². The van der Waals surface area contributed by atoms with E-state index in [1.54, 1.807) is 0 Å². The second kappa shape index (κ2) is 5.29. The van der Waals surface area contributed by atoms with E-state index < -0.39 is 0 Å². The molecule has 1 amide bonds. The van der Waals surface area contributed by atoms with Crippen molar-refractivity contribution in [1.29, 1.82) is 0 Å². The molecule has 0 fully saturated rings. The normalized spacial score (nSPS) is 15.4. The highest BCUT2D eigenvalue weighted by Gasteiger charge is 2.17. The lowest BCUT2D eigenvalue weighted by Gasteiger charge is -2.19. The Kier molecular flexibility index (Phi) is 3.49. The summed E-state index contributed by atoms with van der Waals surface area (Å²) in [5.41, 5.74) is 5.48. The lowest BCUT2D eigenvalue weighted by atomic mass is 9.96.